The summed E-state index contributed by atoms with van der Waals surface area (Å²) in [5.74, 6) is 0.0550. The number of para-hydroxylation sites is 1. The van der Waals surface area contributed by atoms with Gasteiger partial charge in [0.1, 0.15) is 5.01 Å². The molecule has 1 fully saturated rings. The van der Waals surface area contributed by atoms with Crippen LogP contribution in [0.1, 0.15) is 42.3 Å². The largest absolute Gasteiger partial charge is 0.349 e. The van der Waals surface area contributed by atoms with Gasteiger partial charge in [0.15, 0.2) is 0 Å². The van der Waals surface area contributed by atoms with Crippen molar-refractivity contribution in [2.45, 2.75) is 38.6 Å². The third kappa shape index (κ3) is 4.39. The van der Waals surface area contributed by atoms with Crippen molar-refractivity contribution < 1.29 is 4.79 Å². The second-order valence-corrected chi connectivity index (χ2v) is 9.21. The van der Waals surface area contributed by atoms with Crippen molar-refractivity contribution in [2.24, 2.45) is 0 Å². The highest BCUT2D eigenvalue weighted by Gasteiger charge is 2.21. The highest BCUT2D eigenvalue weighted by Crippen LogP contribution is 2.34. The Bertz CT molecular complexity index is 876. The number of thiophene rings is 1. The summed E-state index contributed by atoms with van der Waals surface area (Å²) < 4.78 is 1.18. The van der Waals surface area contributed by atoms with Crippen LogP contribution in [0.5, 0.6) is 0 Å². The molecule has 0 unspecified atom stereocenters. The summed E-state index contributed by atoms with van der Waals surface area (Å²) in [5, 5.41) is 4.22. The van der Waals surface area contributed by atoms with Gasteiger partial charge in [0.2, 0.25) is 0 Å². The summed E-state index contributed by atoms with van der Waals surface area (Å²) in [5.41, 5.74) is 1.02. The second-order valence-electron chi connectivity index (χ2n) is 7.09. The van der Waals surface area contributed by atoms with Gasteiger partial charge in [-0.15, -0.1) is 22.7 Å². The number of likely N-dealkylation sites (tertiary alicyclic amines) is 1. The molecule has 1 aliphatic heterocycles. The number of aromatic nitrogens is 1. The molecule has 1 N–H and O–H groups in total. The van der Waals surface area contributed by atoms with Gasteiger partial charge in [-0.25, -0.2) is 4.98 Å². The summed E-state index contributed by atoms with van der Waals surface area (Å²) in [6.07, 6.45) is 4.60. The van der Waals surface area contributed by atoms with Gasteiger partial charge in [-0.05, 0) is 50.1 Å². The number of benzene rings is 1. The molecule has 4 nitrogen and oxygen atoms in total. The number of hydrogen-bond donors (Lipinski definition) is 1. The van der Waals surface area contributed by atoms with Gasteiger partial charge < -0.3 is 10.2 Å². The van der Waals surface area contributed by atoms with Crippen molar-refractivity contribution in [3.8, 4) is 9.88 Å². The number of rotatable bonds is 6. The third-order valence-corrected chi connectivity index (χ3v) is 7.37. The van der Waals surface area contributed by atoms with Gasteiger partial charge in [-0.3, -0.25) is 4.79 Å². The topological polar surface area (TPSA) is 45.2 Å². The molecule has 6 heteroatoms. The zero-order chi connectivity index (χ0) is 18.6. The lowest BCUT2D eigenvalue weighted by Gasteiger charge is -2.32. The van der Waals surface area contributed by atoms with Crippen LogP contribution in [0.15, 0.2) is 36.4 Å². The summed E-state index contributed by atoms with van der Waals surface area (Å²) in [6.45, 7) is 5.60. The normalized spacial score (nSPS) is 16.0. The molecular formula is C21H25N3OS2. The number of hydrogen-bond acceptors (Lipinski definition) is 5. The van der Waals surface area contributed by atoms with Crippen LogP contribution in [0.25, 0.3) is 20.1 Å². The molecule has 1 saturated heterocycles. The lowest BCUT2D eigenvalue weighted by molar-refractivity contribution is 0.0915. The molecule has 0 saturated carbocycles. The Balaban J connectivity index is 1.36. The fourth-order valence-electron chi connectivity index (χ4n) is 3.49. The lowest BCUT2D eigenvalue weighted by atomic mass is 10.0. The predicted octanol–water partition coefficient (Wildman–Crippen LogP) is 5.02. The first kappa shape index (κ1) is 18.6. The van der Waals surface area contributed by atoms with Crippen molar-refractivity contribution in [1.29, 1.82) is 0 Å². The number of carbonyl (C=O) groups is 1. The van der Waals surface area contributed by atoms with Crippen LogP contribution < -0.4 is 5.32 Å². The number of nitrogens with one attached hydrogen (secondary N) is 1. The molecule has 4 rings (SSSR count). The molecule has 0 spiro atoms. The molecule has 142 valence electrons. The predicted molar refractivity (Wildman–Crippen MR) is 115 cm³/mol. The first-order chi connectivity index (χ1) is 13.2. The second kappa shape index (κ2) is 8.50. The van der Waals surface area contributed by atoms with E-state index in [1.807, 2.05) is 30.3 Å². The molecule has 1 amide bonds. The molecule has 27 heavy (non-hydrogen) atoms. The lowest BCUT2D eigenvalue weighted by Crippen LogP contribution is -2.44. The third-order valence-electron chi connectivity index (χ3n) is 5.09. The first-order valence-electron chi connectivity index (χ1n) is 9.72. The van der Waals surface area contributed by atoms with Gasteiger partial charge in [0.05, 0.1) is 20.0 Å². The van der Waals surface area contributed by atoms with Crippen LogP contribution in [-0.4, -0.2) is 41.5 Å². The van der Waals surface area contributed by atoms with Crippen molar-refractivity contribution in [3.05, 3.63) is 41.3 Å². The number of piperidine rings is 1. The van der Waals surface area contributed by atoms with E-state index in [0.29, 0.717) is 6.04 Å². The molecule has 3 aromatic rings. The van der Waals surface area contributed by atoms with E-state index >= 15 is 0 Å². The molecule has 0 bridgehead atoms. The van der Waals surface area contributed by atoms with E-state index in [9.17, 15) is 4.79 Å². The standard InChI is InChI=1S/C21H25N3OS2/c1-2-3-12-24-13-10-15(11-14-24)22-20(25)18-8-9-19(26-18)21-23-16-6-4-5-7-17(16)27-21/h4-9,15H,2-3,10-14H2,1H3,(H,22,25). The van der Waals surface area contributed by atoms with Gasteiger partial charge in [0.25, 0.3) is 5.91 Å². The van der Waals surface area contributed by atoms with E-state index in [2.05, 4.69) is 23.2 Å². The molecule has 3 heterocycles. The van der Waals surface area contributed by atoms with E-state index in [4.69, 9.17) is 4.98 Å². The van der Waals surface area contributed by atoms with Crippen molar-refractivity contribution in [3.63, 3.8) is 0 Å². The fourth-order valence-corrected chi connectivity index (χ4v) is 5.42. The summed E-state index contributed by atoms with van der Waals surface area (Å²) >= 11 is 3.21. The quantitative estimate of drug-likeness (QED) is 0.633. The zero-order valence-electron chi connectivity index (χ0n) is 15.6. The minimum Gasteiger partial charge on any atom is -0.349 e. The maximum atomic E-state index is 12.7. The van der Waals surface area contributed by atoms with Gasteiger partial charge in [0, 0.05) is 19.1 Å². The Morgan fingerprint density at radius 2 is 2.00 bits per heavy atom. The monoisotopic (exact) mass is 399 g/mol. The first-order valence-corrected chi connectivity index (χ1v) is 11.3. The average molecular weight is 400 g/mol. The average Bonchev–Trinajstić information content (AvgIpc) is 3.34. The Labute approximate surface area is 168 Å². The van der Waals surface area contributed by atoms with Crippen molar-refractivity contribution in [2.75, 3.05) is 19.6 Å². The van der Waals surface area contributed by atoms with E-state index in [1.54, 1.807) is 11.3 Å². The van der Waals surface area contributed by atoms with Gasteiger partial charge in [-0.2, -0.15) is 0 Å². The van der Waals surface area contributed by atoms with Crippen molar-refractivity contribution >= 4 is 38.8 Å². The molecule has 1 aliphatic rings. The Kier molecular flexibility index (Phi) is 5.86. The van der Waals surface area contributed by atoms with Crippen LogP contribution in [0, 0.1) is 0 Å². The van der Waals surface area contributed by atoms with Crippen LogP contribution in [-0.2, 0) is 0 Å². The minimum atomic E-state index is 0.0550. The maximum Gasteiger partial charge on any atom is 0.261 e. The number of nitrogens with zero attached hydrogens (tertiary/aromatic N) is 2. The summed E-state index contributed by atoms with van der Waals surface area (Å²) in [6, 6.07) is 12.4. The number of thiazole rings is 1. The number of carbonyl (C=O) groups excluding carboxylic acids is 1. The molecule has 0 aliphatic carbocycles. The minimum absolute atomic E-state index is 0.0550. The fraction of sp³-hybridized carbons (Fsp3) is 0.429. The molecule has 0 atom stereocenters. The highest BCUT2D eigenvalue weighted by atomic mass is 32.1. The SMILES string of the molecule is CCCCN1CCC(NC(=O)c2ccc(-c3nc4ccccc4s3)s2)CC1. The Hall–Kier alpha value is -1.76. The Morgan fingerprint density at radius 3 is 2.78 bits per heavy atom. The number of amides is 1. The van der Waals surface area contributed by atoms with E-state index in [1.165, 1.54) is 35.4 Å². The number of fused-ring (bicyclic) bond motifs is 1. The van der Waals surface area contributed by atoms with Crippen molar-refractivity contribution in [1.82, 2.24) is 15.2 Å². The van der Waals surface area contributed by atoms with Crippen LogP contribution in [0.2, 0.25) is 0 Å². The van der Waals surface area contributed by atoms with Gasteiger partial charge in [-0.1, -0.05) is 25.5 Å². The molecular weight excluding hydrogens is 374 g/mol. The molecule has 0 radical (unpaired) electrons. The molecule has 1 aromatic carbocycles. The summed E-state index contributed by atoms with van der Waals surface area (Å²) in [4.78, 5) is 21.7. The van der Waals surface area contributed by atoms with E-state index < -0.39 is 0 Å². The van der Waals surface area contributed by atoms with Crippen LogP contribution in [0.4, 0.5) is 0 Å². The number of unbranched alkanes of at least 4 members (excludes halogenated alkanes) is 1. The van der Waals surface area contributed by atoms with Crippen LogP contribution >= 0.6 is 22.7 Å². The highest BCUT2D eigenvalue weighted by molar-refractivity contribution is 7.26. The van der Waals surface area contributed by atoms with E-state index in [-0.39, 0.29) is 5.91 Å². The smallest absolute Gasteiger partial charge is 0.261 e. The summed E-state index contributed by atoms with van der Waals surface area (Å²) in [7, 11) is 0. The maximum absolute atomic E-state index is 12.7. The zero-order valence-corrected chi connectivity index (χ0v) is 17.2. The van der Waals surface area contributed by atoms with Crippen LogP contribution in [0.3, 0.4) is 0 Å². The molecule has 2 aromatic heterocycles. The van der Waals surface area contributed by atoms with Gasteiger partial charge >= 0.3 is 0 Å². The van der Waals surface area contributed by atoms with E-state index in [0.717, 1.165) is 46.2 Å². The Morgan fingerprint density at radius 1 is 1.19 bits per heavy atom.